The molecule has 2 aromatic heterocycles. The molecule has 16 heavy (non-hydrogen) atoms. The number of aromatic amines is 1. The van der Waals surface area contributed by atoms with E-state index in [9.17, 15) is 4.79 Å². The van der Waals surface area contributed by atoms with Crippen LogP contribution in [0.5, 0.6) is 0 Å². The standard InChI is InChI=1S/C8H5N3O2S3/c12-8(13)3-1-9-5(11-6(3)15)7-10-4(14)2-16-7/h1-2,14H,(H,12,13)(H,9,11,15). The summed E-state index contributed by atoms with van der Waals surface area (Å²) in [4.78, 5) is 21.5. The first-order chi connectivity index (χ1) is 7.58. The van der Waals surface area contributed by atoms with E-state index in [4.69, 9.17) is 17.3 Å². The monoisotopic (exact) mass is 271 g/mol. The molecule has 0 radical (unpaired) electrons. The molecule has 82 valence electrons. The first-order valence-electron chi connectivity index (χ1n) is 4.05. The molecule has 2 N–H and O–H groups in total. The van der Waals surface area contributed by atoms with Crippen LogP contribution in [0.15, 0.2) is 16.6 Å². The molecule has 0 atom stereocenters. The fourth-order valence-electron chi connectivity index (χ4n) is 1.03. The minimum Gasteiger partial charge on any atom is -0.478 e. The number of carboxylic acids is 1. The maximum atomic E-state index is 10.7. The molecule has 0 aliphatic rings. The smallest absolute Gasteiger partial charge is 0.340 e. The molecule has 2 heterocycles. The first kappa shape index (κ1) is 11.2. The maximum absolute atomic E-state index is 10.7. The van der Waals surface area contributed by atoms with Crippen molar-refractivity contribution < 1.29 is 9.90 Å². The fraction of sp³-hybridized carbons (Fsp3) is 0. The number of thiazole rings is 1. The Labute approximate surface area is 105 Å². The predicted octanol–water partition coefficient (Wildman–Crippen LogP) is 2.25. The molecule has 0 fully saturated rings. The lowest BCUT2D eigenvalue weighted by molar-refractivity contribution is 0.0695. The van der Waals surface area contributed by atoms with Crippen molar-refractivity contribution in [3.8, 4) is 10.8 Å². The summed E-state index contributed by atoms with van der Waals surface area (Å²) < 4.78 is 0.133. The van der Waals surface area contributed by atoms with E-state index in [2.05, 4.69) is 27.6 Å². The third-order valence-electron chi connectivity index (χ3n) is 1.72. The van der Waals surface area contributed by atoms with E-state index >= 15 is 0 Å². The summed E-state index contributed by atoms with van der Waals surface area (Å²) >= 11 is 10.3. The quantitative estimate of drug-likeness (QED) is 0.576. The molecule has 0 aliphatic heterocycles. The molecule has 2 rings (SSSR count). The third kappa shape index (κ3) is 2.13. The van der Waals surface area contributed by atoms with Crippen molar-refractivity contribution in [2.45, 2.75) is 5.03 Å². The lowest BCUT2D eigenvalue weighted by Gasteiger charge is -1.98. The highest BCUT2D eigenvalue weighted by Crippen LogP contribution is 2.21. The molecule has 2 aromatic rings. The zero-order chi connectivity index (χ0) is 11.7. The highest BCUT2D eigenvalue weighted by Gasteiger charge is 2.10. The topological polar surface area (TPSA) is 78.9 Å². The lowest BCUT2D eigenvalue weighted by atomic mass is 10.3. The number of carboxylic acid groups (broad SMARTS) is 1. The molecule has 5 nitrogen and oxygen atoms in total. The van der Waals surface area contributed by atoms with Crippen LogP contribution in [0, 0.1) is 4.64 Å². The summed E-state index contributed by atoms with van der Waals surface area (Å²) in [7, 11) is 0. The zero-order valence-corrected chi connectivity index (χ0v) is 10.2. The van der Waals surface area contributed by atoms with E-state index in [1.165, 1.54) is 17.5 Å². The number of nitrogens with zero attached hydrogens (tertiary/aromatic N) is 2. The van der Waals surface area contributed by atoms with E-state index in [0.717, 1.165) is 0 Å². The summed E-state index contributed by atoms with van der Waals surface area (Å²) in [5.74, 6) is -0.658. The first-order valence-corrected chi connectivity index (χ1v) is 5.79. The van der Waals surface area contributed by atoms with Crippen LogP contribution in [0.4, 0.5) is 0 Å². The van der Waals surface area contributed by atoms with Crippen LogP contribution in [0.3, 0.4) is 0 Å². The van der Waals surface area contributed by atoms with Gasteiger partial charge in [0, 0.05) is 11.6 Å². The SMILES string of the molecule is O=C(O)c1cnc(-c2nc(S)cs2)[nH]c1=S. The average Bonchev–Trinajstić information content (AvgIpc) is 2.64. The second-order valence-corrected chi connectivity index (χ2v) is 4.52. The molecule has 0 bridgehead atoms. The molecule has 0 aromatic carbocycles. The van der Waals surface area contributed by atoms with E-state index in [0.29, 0.717) is 15.9 Å². The molecule has 8 heteroatoms. The van der Waals surface area contributed by atoms with Gasteiger partial charge in [-0.1, -0.05) is 12.2 Å². The fourth-order valence-corrected chi connectivity index (χ4v) is 2.23. The van der Waals surface area contributed by atoms with Crippen molar-refractivity contribution in [2.24, 2.45) is 0 Å². The van der Waals surface area contributed by atoms with Gasteiger partial charge in [0.05, 0.1) is 0 Å². The Kier molecular flexibility index (Phi) is 3.03. The minimum absolute atomic E-state index is 0.0265. The molecular formula is C8H5N3O2S3. The highest BCUT2D eigenvalue weighted by atomic mass is 32.1. The van der Waals surface area contributed by atoms with Crippen molar-refractivity contribution in [1.82, 2.24) is 15.0 Å². The largest absolute Gasteiger partial charge is 0.478 e. The molecule has 0 saturated carbocycles. The number of thiol groups is 1. The van der Waals surface area contributed by atoms with Gasteiger partial charge in [0.15, 0.2) is 10.8 Å². The minimum atomic E-state index is -1.10. The average molecular weight is 271 g/mol. The van der Waals surface area contributed by atoms with E-state index < -0.39 is 5.97 Å². The molecule has 0 unspecified atom stereocenters. The number of aromatic nitrogens is 3. The number of rotatable bonds is 2. The zero-order valence-electron chi connectivity index (χ0n) is 7.67. The van der Waals surface area contributed by atoms with Crippen LogP contribution in [-0.4, -0.2) is 26.0 Å². The van der Waals surface area contributed by atoms with Gasteiger partial charge in [-0.2, -0.15) is 0 Å². The Hall–Kier alpha value is -1.25. The van der Waals surface area contributed by atoms with E-state index in [1.807, 2.05) is 0 Å². The van der Waals surface area contributed by atoms with Crippen LogP contribution in [-0.2, 0) is 0 Å². The Morgan fingerprint density at radius 2 is 2.38 bits per heavy atom. The van der Waals surface area contributed by atoms with Crippen molar-refractivity contribution in [2.75, 3.05) is 0 Å². The van der Waals surface area contributed by atoms with Gasteiger partial charge in [0.2, 0.25) is 0 Å². The molecule has 0 spiro atoms. The number of carbonyl (C=O) groups is 1. The maximum Gasteiger partial charge on any atom is 0.340 e. The molecular weight excluding hydrogens is 266 g/mol. The van der Waals surface area contributed by atoms with Crippen LogP contribution >= 0.6 is 36.2 Å². The third-order valence-corrected chi connectivity index (χ3v) is 3.30. The Morgan fingerprint density at radius 1 is 1.62 bits per heavy atom. The molecule has 0 amide bonds. The summed E-state index contributed by atoms with van der Waals surface area (Å²) in [6.45, 7) is 0. The van der Waals surface area contributed by atoms with E-state index in [1.54, 1.807) is 5.38 Å². The summed E-state index contributed by atoms with van der Waals surface area (Å²) in [5.41, 5.74) is -0.0265. The van der Waals surface area contributed by atoms with Gasteiger partial charge < -0.3 is 10.1 Å². The number of nitrogens with one attached hydrogen (secondary N) is 1. The van der Waals surface area contributed by atoms with Gasteiger partial charge in [0.25, 0.3) is 0 Å². The van der Waals surface area contributed by atoms with Crippen LogP contribution in [0.2, 0.25) is 0 Å². The van der Waals surface area contributed by atoms with Crippen LogP contribution in [0.25, 0.3) is 10.8 Å². The van der Waals surface area contributed by atoms with E-state index in [-0.39, 0.29) is 10.2 Å². The number of H-pyrrole nitrogens is 1. The summed E-state index contributed by atoms with van der Waals surface area (Å²) in [5, 5.41) is 11.7. The Morgan fingerprint density at radius 3 is 2.88 bits per heavy atom. The van der Waals surface area contributed by atoms with Gasteiger partial charge in [0.1, 0.15) is 15.2 Å². The van der Waals surface area contributed by atoms with Crippen molar-refractivity contribution in [3.05, 3.63) is 21.8 Å². The number of hydrogen-bond donors (Lipinski definition) is 3. The second-order valence-electron chi connectivity index (χ2n) is 2.79. The van der Waals surface area contributed by atoms with Crippen LogP contribution in [0.1, 0.15) is 10.4 Å². The van der Waals surface area contributed by atoms with Gasteiger partial charge in [-0.15, -0.1) is 24.0 Å². The second kappa shape index (κ2) is 4.32. The highest BCUT2D eigenvalue weighted by molar-refractivity contribution is 7.80. The lowest BCUT2D eigenvalue weighted by Crippen LogP contribution is -2.01. The van der Waals surface area contributed by atoms with Crippen molar-refractivity contribution >= 4 is 42.2 Å². The molecule has 0 aliphatic carbocycles. The van der Waals surface area contributed by atoms with Gasteiger partial charge >= 0.3 is 5.97 Å². The number of hydrogen-bond acceptors (Lipinski definition) is 6. The normalized spacial score (nSPS) is 10.3. The van der Waals surface area contributed by atoms with Gasteiger partial charge in [-0.25, -0.2) is 14.8 Å². The summed E-state index contributed by atoms with van der Waals surface area (Å²) in [6, 6.07) is 0. The Bertz CT molecular complexity index is 605. The van der Waals surface area contributed by atoms with Gasteiger partial charge in [-0.3, -0.25) is 0 Å². The van der Waals surface area contributed by atoms with Crippen LogP contribution < -0.4 is 0 Å². The number of aromatic carboxylic acids is 1. The van der Waals surface area contributed by atoms with Gasteiger partial charge in [-0.05, 0) is 0 Å². The van der Waals surface area contributed by atoms with Crippen molar-refractivity contribution in [3.63, 3.8) is 0 Å². The summed E-state index contributed by atoms with van der Waals surface area (Å²) in [6.07, 6.45) is 1.22. The molecule has 0 saturated heterocycles. The van der Waals surface area contributed by atoms with Crippen molar-refractivity contribution in [1.29, 1.82) is 0 Å². The predicted molar refractivity (Wildman–Crippen MR) is 64.7 cm³/mol. The Balaban J connectivity index is 2.50.